The Morgan fingerprint density at radius 1 is 0.923 bits per heavy atom. The minimum absolute atomic E-state index is 0.149. The molecule has 1 atom stereocenters. The predicted octanol–water partition coefficient (Wildman–Crippen LogP) is 3.77. The first kappa shape index (κ1) is 12.6. The number of hydrogen-bond acceptors (Lipinski definition) is 0. The zero-order chi connectivity index (χ0) is 10.9. The van der Waals surface area contributed by atoms with Crippen molar-refractivity contribution in [1.29, 1.82) is 0 Å². The van der Waals surface area contributed by atoms with E-state index >= 15 is 0 Å². The number of alkyl halides is 6. The van der Waals surface area contributed by atoms with E-state index in [1.807, 2.05) is 0 Å². The summed E-state index contributed by atoms with van der Waals surface area (Å²) < 4.78 is 71.6. The molecule has 0 aliphatic carbocycles. The summed E-state index contributed by atoms with van der Waals surface area (Å²) >= 11 is 0. The van der Waals surface area contributed by atoms with Crippen LogP contribution in [-0.2, 0) is 0 Å². The minimum Gasteiger partial charge on any atom is -0.170 e. The average Bonchev–Trinajstić information content (AvgIpc) is 1.80. The molecule has 0 aromatic carbocycles. The van der Waals surface area contributed by atoms with Crippen molar-refractivity contribution in [3.05, 3.63) is 0 Å². The molecule has 0 rings (SSSR count). The van der Waals surface area contributed by atoms with Gasteiger partial charge in [-0.2, -0.15) is 26.3 Å². The molecule has 0 amide bonds. The van der Waals surface area contributed by atoms with Crippen molar-refractivity contribution in [1.82, 2.24) is 0 Å². The van der Waals surface area contributed by atoms with Crippen molar-refractivity contribution in [2.24, 2.45) is 11.8 Å². The topological polar surface area (TPSA) is 0 Å². The monoisotopic (exact) mass is 208 g/mol. The van der Waals surface area contributed by atoms with Gasteiger partial charge in [0.15, 0.2) is 5.92 Å². The second-order valence-electron chi connectivity index (χ2n) is 2.95. The third-order valence-electron chi connectivity index (χ3n) is 1.92. The summed E-state index contributed by atoms with van der Waals surface area (Å²) in [4.78, 5) is 0. The molecule has 0 saturated carbocycles. The minimum atomic E-state index is -5.20. The highest BCUT2D eigenvalue weighted by Crippen LogP contribution is 2.44. The van der Waals surface area contributed by atoms with Gasteiger partial charge in [-0.15, -0.1) is 0 Å². The zero-order valence-electron chi connectivity index (χ0n) is 7.13. The van der Waals surface area contributed by atoms with Crippen molar-refractivity contribution >= 4 is 0 Å². The smallest absolute Gasteiger partial charge is 0.170 e. The van der Waals surface area contributed by atoms with Gasteiger partial charge < -0.3 is 0 Å². The molecular formula is C7H10F6. The molecule has 0 saturated heterocycles. The Balaban J connectivity index is 4.78. The summed E-state index contributed by atoms with van der Waals surface area (Å²) in [5.41, 5.74) is 0. The van der Waals surface area contributed by atoms with Gasteiger partial charge in [-0.1, -0.05) is 20.3 Å². The van der Waals surface area contributed by atoms with Crippen LogP contribution in [0, 0.1) is 11.8 Å². The van der Waals surface area contributed by atoms with Crippen LogP contribution in [0.3, 0.4) is 0 Å². The molecule has 0 nitrogen and oxygen atoms in total. The lowest BCUT2D eigenvalue weighted by Gasteiger charge is -2.27. The first-order valence-corrected chi connectivity index (χ1v) is 3.74. The van der Waals surface area contributed by atoms with Gasteiger partial charge in [-0.25, -0.2) is 0 Å². The second-order valence-corrected chi connectivity index (χ2v) is 2.95. The first-order valence-electron chi connectivity index (χ1n) is 3.74. The first-order chi connectivity index (χ1) is 5.60. The van der Waals surface area contributed by atoms with Crippen LogP contribution in [-0.4, -0.2) is 12.4 Å². The van der Waals surface area contributed by atoms with Crippen LogP contribution in [0.1, 0.15) is 20.3 Å². The molecule has 13 heavy (non-hydrogen) atoms. The molecule has 0 radical (unpaired) electrons. The standard InChI is InChI=1S/C7H10F6/c1-3-4(2)5(6(8,9)10)7(11,12)13/h4-5H,3H2,1-2H3. The van der Waals surface area contributed by atoms with Gasteiger partial charge in [-0.05, 0) is 5.92 Å². The Hall–Kier alpha value is -0.420. The Labute approximate surface area is 71.9 Å². The normalized spacial score (nSPS) is 16.4. The van der Waals surface area contributed by atoms with E-state index in [9.17, 15) is 26.3 Å². The van der Waals surface area contributed by atoms with E-state index in [1.165, 1.54) is 6.92 Å². The fourth-order valence-corrected chi connectivity index (χ4v) is 1.07. The van der Waals surface area contributed by atoms with Crippen LogP contribution in [0.25, 0.3) is 0 Å². The number of rotatable bonds is 2. The summed E-state index contributed by atoms with van der Waals surface area (Å²) in [6.07, 6.45) is -10.6. The number of halogens is 6. The van der Waals surface area contributed by atoms with Gasteiger partial charge >= 0.3 is 12.4 Å². The van der Waals surface area contributed by atoms with E-state index in [0.29, 0.717) is 0 Å². The van der Waals surface area contributed by atoms with Crippen molar-refractivity contribution in [2.75, 3.05) is 0 Å². The molecule has 0 aromatic heterocycles. The Kier molecular flexibility index (Phi) is 3.63. The molecule has 0 N–H and O–H groups in total. The Morgan fingerprint density at radius 2 is 1.23 bits per heavy atom. The lowest BCUT2D eigenvalue weighted by molar-refractivity contribution is -0.297. The molecule has 0 spiro atoms. The fourth-order valence-electron chi connectivity index (χ4n) is 1.07. The Bertz CT molecular complexity index is 141. The van der Waals surface area contributed by atoms with E-state index < -0.39 is 24.2 Å². The maximum Gasteiger partial charge on any atom is 0.400 e. The fraction of sp³-hybridized carbons (Fsp3) is 1.00. The maximum absolute atomic E-state index is 11.9. The maximum atomic E-state index is 11.9. The largest absolute Gasteiger partial charge is 0.400 e. The molecule has 0 bridgehead atoms. The van der Waals surface area contributed by atoms with E-state index in [0.717, 1.165) is 6.92 Å². The molecule has 1 unspecified atom stereocenters. The van der Waals surface area contributed by atoms with Gasteiger partial charge in [0, 0.05) is 0 Å². The van der Waals surface area contributed by atoms with Crippen molar-refractivity contribution in [3.63, 3.8) is 0 Å². The highest BCUT2D eigenvalue weighted by atomic mass is 19.4. The summed E-state index contributed by atoms with van der Waals surface area (Å²) in [7, 11) is 0. The molecule has 0 aromatic rings. The second kappa shape index (κ2) is 3.75. The van der Waals surface area contributed by atoms with Gasteiger partial charge in [0.05, 0.1) is 0 Å². The highest BCUT2D eigenvalue weighted by Gasteiger charge is 2.58. The third kappa shape index (κ3) is 3.44. The van der Waals surface area contributed by atoms with Crippen LogP contribution in [0.15, 0.2) is 0 Å². The van der Waals surface area contributed by atoms with Crippen LogP contribution in [0.5, 0.6) is 0 Å². The average molecular weight is 208 g/mol. The van der Waals surface area contributed by atoms with E-state index in [4.69, 9.17) is 0 Å². The molecule has 0 aliphatic heterocycles. The number of hydrogen-bond donors (Lipinski definition) is 0. The highest BCUT2D eigenvalue weighted by molar-refractivity contribution is 4.79. The molecule has 0 heterocycles. The third-order valence-corrected chi connectivity index (χ3v) is 1.92. The summed E-state index contributed by atoms with van der Waals surface area (Å²) in [5, 5.41) is 0. The molecule has 0 aliphatic rings. The lowest BCUT2D eigenvalue weighted by Crippen LogP contribution is -2.40. The van der Waals surface area contributed by atoms with Gasteiger partial charge in [-0.3, -0.25) is 0 Å². The van der Waals surface area contributed by atoms with Crippen molar-refractivity contribution in [3.8, 4) is 0 Å². The summed E-state index contributed by atoms with van der Waals surface area (Å²) in [6.45, 7) is 2.25. The van der Waals surface area contributed by atoms with E-state index in [-0.39, 0.29) is 6.42 Å². The molecule has 0 fully saturated rings. The zero-order valence-corrected chi connectivity index (χ0v) is 7.13. The molecule has 80 valence electrons. The van der Waals surface area contributed by atoms with Crippen LogP contribution in [0.2, 0.25) is 0 Å². The van der Waals surface area contributed by atoms with Gasteiger partial charge in [0.1, 0.15) is 0 Å². The molecule has 6 heteroatoms. The van der Waals surface area contributed by atoms with Crippen LogP contribution in [0.4, 0.5) is 26.3 Å². The van der Waals surface area contributed by atoms with Gasteiger partial charge in [0.25, 0.3) is 0 Å². The summed E-state index contributed by atoms with van der Waals surface area (Å²) in [5.74, 6) is -4.63. The summed E-state index contributed by atoms with van der Waals surface area (Å²) in [6, 6.07) is 0. The SMILES string of the molecule is CCC(C)C(C(F)(F)F)C(F)(F)F. The lowest BCUT2D eigenvalue weighted by atomic mass is 9.91. The van der Waals surface area contributed by atoms with E-state index in [2.05, 4.69) is 0 Å². The Morgan fingerprint density at radius 3 is 1.31 bits per heavy atom. The predicted molar refractivity (Wildman–Crippen MR) is 35.1 cm³/mol. The van der Waals surface area contributed by atoms with Crippen LogP contribution >= 0.6 is 0 Å². The van der Waals surface area contributed by atoms with E-state index in [1.54, 1.807) is 0 Å². The molecular weight excluding hydrogens is 198 g/mol. The van der Waals surface area contributed by atoms with Crippen molar-refractivity contribution in [2.45, 2.75) is 32.6 Å². The van der Waals surface area contributed by atoms with Crippen LogP contribution < -0.4 is 0 Å². The van der Waals surface area contributed by atoms with Crippen molar-refractivity contribution < 1.29 is 26.3 Å². The quantitative estimate of drug-likeness (QED) is 0.606. The van der Waals surface area contributed by atoms with Gasteiger partial charge in [0.2, 0.25) is 0 Å².